The Morgan fingerprint density at radius 3 is 1.21 bits per heavy atom. The SMILES string of the molecule is C(=Cc1cc2cc3cccc4c(C=Cc5ccccc5)cc5cc6cccc1c6c2c5c34)c1ccccc1. The summed E-state index contributed by atoms with van der Waals surface area (Å²) in [5, 5.41) is 13.3. The number of rotatable bonds is 4. The smallest absolute Gasteiger partial charge is 0.00137 e. The van der Waals surface area contributed by atoms with Crippen LogP contribution in [0.25, 0.3) is 78.2 Å². The monoisotopic (exact) mass is 480 g/mol. The molecule has 176 valence electrons. The lowest BCUT2D eigenvalue weighted by molar-refractivity contribution is 1.66. The van der Waals surface area contributed by atoms with E-state index < -0.39 is 0 Å². The number of hydrogen-bond acceptors (Lipinski definition) is 0. The molecule has 0 aliphatic rings. The predicted molar refractivity (Wildman–Crippen MR) is 167 cm³/mol. The molecule has 38 heavy (non-hydrogen) atoms. The van der Waals surface area contributed by atoms with Gasteiger partial charge < -0.3 is 0 Å². The molecular formula is C38H24. The molecule has 8 aromatic rings. The average molecular weight is 481 g/mol. The topological polar surface area (TPSA) is 0 Å². The first-order valence-electron chi connectivity index (χ1n) is 13.2. The summed E-state index contributed by atoms with van der Waals surface area (Å²) in [4.78, 5) is 0. The molecule has 8 aromatic carbocycles. The van der Waals surface area contributed by atoms with Gasteiger partial charge in [-0.3, -0.25) is 0 Å². The molecule has 0 saturated carbocycles. The maximum atomic E-state index is 2.39. The summed E-state index contributed by atoms with van der Waals surface area (Å²) in [7, 11) is 0. The van der Waals surface area contributed by atoms with Crippen LogP contribution in [-0.2, 0) is 0 Å². The van der Waals surface area contributed by atoms with Crippen LogP contribution < -0.4 is 0 Å². The summed E-state index contributed by atoms with van der Waals surface area (Å²) >= 11 is 0. The summed E-state index contributed by atoms with van der Waals surface area (Å²) in [5.41, 5.74) is 4.95. The summed E-state index contributed by atoms with van der Waals surface area (Å²) < 4.78 is 0. The molecule has 0 saturated heterocycles. The average Bonchev–Trinajstić information content (AvgIpc) is 2.97. The van der Waals surface area contributed by atoms with Crippen molar-refractivity contribution < 1.29 is 0 Å². The van der Waals surface area contributed by atoms with E-state index in [-0.39, 0.29) is 0 Å². The Balaban J connectivity index is 1.44. The Morgan fingerprint density at radius 1 is 0.316 bits per heavy atom. The van der Waals surface area contributed by atoms with E-state index in [0.717, 1.165) is 0 Å². The van der Waals surface area contributed by atoms with E-state index in [4.69, 9.17) is 0 Å². The van der Waals surface area contributed by atoms with Crippen LogP contribution in [0.5, 0.6) is 0 Å². The Morgan fingerprint density at radius 2 is 0.763 bits per heavy atom. The van der Waals surface area contributed by atoms with Crippen molar-refractivity contribution in [3.8, 4) is 0 Å². The van der Waals surface area contributed by atoms with Gasteiger partial charge in [0.05, 0.1) is 0 Å². The van der Waals surface area contributed by atoms with Crippen molar-refractivity contribution in [1.29, 1.82) is 0 Å². The summed E-state index contributed by atoms with van der Waals surface area (Å²) in [5.74, 6) is 0. The maximum Gasteiger partial charge on any atom is -0.00137 e. The molecule has 0 aliphatic heterocycles. The molecule has 0 fully saturated rings. The van der Waals surface area contributed by atoms with Crippen LogP contribution >= 0.6 is 0 Å². The lowest BCUT2D eigenvalue weighted by atomic mass is 9.84. The van der Waals surface area contributed by atoms with Gasteiger partial charge in [0.2, 0.25) is 0 Å². The van der Waals surface area contributed by atoms with Crippen molar-refractivity contribution in [2.24, 2.45) is 0 Å². The van der Waals surface area contributed by atoms with E-state index in [1.807, 2.05) is 0 Å². The molecule has 0 bridgehead atoms. The van der Waals surface area contributed by atoms with E-state index in [1.54, 1.807) is 0 Å². The minimum absolute atomic E-state index is 1.21. The van der Waals surface area contributed by atoms with Gasteiger partial charge in [-0.25, -0.2) is 0 Å². The zero-order valence-electron chi connectivity index (χ0n) is 20.9. The maximum absolute atomic E-state index is 2.39. The van der Waals surface area contributed by atoms with Crippen molar-refractivity contribution >= 4 is 78.2 Å². The highest BCUT2D eigenvalue weighted by Gasteiger charge is 2.18. The first kappa shape index (κ1) is 21.2. The second-order valence-electron chi connectivity index (χ2n) is 10.2. The normalized spacial score (nSPS) is 12.5. The molecule has 0 spiro atoms. The van der Waals surface area contributed by atoms with E-state index in [0.29, 0.717) is 0 Å². The molecule has 0 aromatic heterocycles. The molecule has 0 amide bonds. The van der Waals surface area contributed by atoms with Gasteiger partial charge in [-0.15, -0.1) is 0 Å². The number of benzene rings is 8. The van der Waals surface area contributed by atoms with E-state index in [2.05, 4.69) is 146 Å². The van der Waals surface area contributed by atoms with Gasteiger partial charge >= 0.3 is 0 Å². The molecule has 0 nitrogen and oxygen atoms in total. The quantitative estimate of drug-likeness (QED) is 0.133. The second-order valence-corrected chi connectivity index (χ2v) is 10.2. The second kappa shape index (κ2) is 8.30. The Labute approximate surface area is 221 Å². The Kier molecular flexibility index (Phi) is 4.62. The molecule has 0 aliphatic carbocycles. The Bertz CT molecular complexity index is 1990. The zero-order valence-corrected chi connectivity index (χ0v) is 20.9. The third-order valence-corrected chi connectivity index (χ3v) is 7.90. The largest absolute Gasteiger partial charge is 0.0622 e. The highest BCUT2D eigenvalue weighted by atomic mass is 14.2. The molecule has 0 unspecified atom stereocenters. The van der Waals surface area contributed by atoms with Gasteiger partial charge in [-0.2, -0.15) is 0 Å². The first-order valence-corrected chi connectivity index (χ1v) is 13.2. The van der Waals surface area contributed by atoms with Crippen molar-refractivity contribution in [1.82, 2.24) is 0 Å². The van der Waals surface area contributed by atoms with E-state index >= 15 is 0 Å². The van der Waals surface area contributed by atoms with Gasteiger partial charge in [-0.05, 0) is 100 Å². The van der Waals surface area contributed by atoms with Gasteiger partial charge in [0.1, 0.15) is 0 Å². The van der Waals surface area contributed by atoms with Crippen LogP contribution in [0, 0.1) is 0 Å². The van der Waals surface area contributed by atoms with Gasteiger partial charge in [0.15, 0.2) is 0 Å². The fourth-order valence-corrected chi connectivity index (χ4v) is 6.22. The van der Waals surface area contributed by atoms with Crippen LogP contribution in [0.4, 0.5) is 0 Å². The van der Waals surface area contributed by atoms with Crippen molar-refractivity contribution in [3.05, 3.63) is 144 Å². The summed E-state index contributed by atoms with van der Waals surface area (Å²) in [6.07, 6.45) is 8.98. The molecule has 0 N–H and O–H groups in total. The van der Waals surface area contributed by atoms with E-state index in [9.17, 15) is 0 Å². The van der Waals surface area contributed by atoms with Crippen LogP contribution in [-0.4, -0.2) is 0 Å². The fourth-order valence-electron chi connectivity index (χ4n) is 6.22. The molecular weight excluding hydrogens is 456 g/mol. The molecule has 0 radical (unpaired) electrons. The third kappa shape index (κ3) is 3.24. The van der Waals surface area contributed by atoms with Crippen LogP contribution in [0.2, 0.25) is 0 Å². The van der Waals surface area contributed by atoms with Crippen LogP contribution in [0.1, 0.15) is 22.3 Å². The predicted octanol–water partition coefficient (Wildman–Crippen LogP) is 10.7. The van der Waals surface area contributed by atoms with Crippen molar-refractivity contribution in [2.45, 2.75) is 0 Å². The molecule has 0 heterocycles. The highest BCUT2D eigenvalue weighted by Crippen LogP contribution is 2.45. The Hall–Kier alpha value is -4.94. The minimum atomic E-state index is 1.21. The van der Waals surface area contributed by atoms with Crippen molar-refractivity contribution in [2.75, 3.05) is 0 Å². The van der Waals surface area contributed by atoms with E-state index in [1.165, 1.54) is 76.1 Å². The van der Waals surface area contributed by atoms with Crippen molar-refractivity contribution in [3.63, 3.8) is 0 Å². The van der Waals surface area contributed by atoms with Crippen LogP contribution in [0.15, 0.2) is 121 Å². The lowest BCUT2D eigenvalue weighted by Crippen LogP contribution is -1.92. The minimum Gasteiger partial charge on any atom is -0.0622 e. The summed E-state index contributed by atoms with van der Waals surface area (Å²) in [6, 6.07) is 44.1. The summed E-state index contributed by atoms with van der Waals surface area (Å²) in [6.45, 7) is 0. The zero-order chi connectivity index (χ0) is 25.1. The fraction of sp³-hybridized carbons (Fsp3) is 0. The third-order valence-electron chi connectivity index (χ3n) is 7.90. The molecule has 0 atom stereocenters. The van der Waals surface area contributed by atoms with Gasteiger partial charge in [0.25, 0.3) is 0 Å². The molecule has 8 rings (SSSR count). The van der Waals surface area contributed by atoms with Gasteiger partial charge in [-0.1, -0.05) is 121 Å². The molecule has 0 heteroatoms. The highest BCUT2D eigenvalue weighted by molar-refractivity contribution is 6.37. The number of hydrogen-bond donors (Lipinski definition) is 0. The van der Waals surface area contributed by atoms with Crippen LogP contribution in [0.3, 0.4) is 0 Å². The lowest BCUT2D eigenvalue weighted by Gasteiger charge is -2.19. The first-order chi connectivity index (χ1) is 18.8. The standard InChI is InChI=1S/C38H24/c1-3-9-25(10-4-1)17-19-27-21-31-23-30-14-8-16-34-28(20-18-26-11-5-2-6-12-26)22-32-24-29-13-7-15-33(27)35(29)37(31)38(32)36(30)34/h1-24H. The van der Waals surface area contributed by atoms with Gasteiger partial charge in [0, 0.05) is 0 Å².